The van der Waals surface area contributed by atoms with Crippen LogP contribution in [0, 0.1) is 29.0 Å². The molecule has 12 heavy (non-hydrogen) atoms. The summed E-state index contributed by atoms with van der Waals surface area (Å²) in [6.45, 7) is 0. The van der Waals surface area contributed by atoms with Gasteiger partial charge in [0.1, 0.15) is 11.0 Å². The van der Waals surface area contributed by atoms with E-state index in [1.807, 2.05) is 0 Å². The fourth-order valence-corrected chi connectivity index (χ4v) is 0.756. The number of aromatic nitrogens is 1. The normalized spacial score (nSPS) is 8.08. The Hall–Kier alpha value is -1.58. The third kappa shape index (κ3) is 1.95. The lowest BCUT2D eigenvalue weighted by atomic mass is 10.3. The highest BCUT2D eigenvalue weighted by Gasteiger charge is 1.99. The van der Waals surface area contributed by atoms with Gasteiger partial charge in [-0.1, -0.05) is 11.6 Å². The SMILES string of the molecule is N#CC#Cc1cc(F)cnc1Cl. The molecule has 1 rings (SSSR count). The number of halogens is 2. The molecule has 58 valence electrons. The van der Waals surface area contributed by atoms with E-state index in [0.717, 1.165) is 12.3 Å². The van der Waals surface area contributed by atoms with Gasteiger partial charge in [-0.3, -0.25) is 0 Å². The summed E-state index contributed by atoms with van der Waals surface area (Å²) >= 11 is 5.54. The highest BCUT2D eigenvalue weighted by molar-refractivity contribution is 6.30. The average molecular weight is 181 g/mol. The number of hydrogen-bond acceptors (Lipinski definition) is 2. The minimum Gasteiger partial charge on any atom is -0.240 e. The van der Waals surface area contributed by atoms with E-state index >= 15 is 0 Å². The summed E-state index contributed by atoms with van der Waals surface area (Å²) in [6, 6.07) is 2.72. The number of hydrogen-bond donors (Lipinski definition) is 0. The number of rotatable bonds is 0. The van der Waals surface area contributed by atoms with E-state index in [2.05, 4.69) is 16.8 Å². The Balaban J connectivity index is 3.16. The lowest BCUT2D eigenvalue weighted by Gasteiger charge is -1.92. The Bertz CT molecular complexity index is 398. The monoisotopic (exact) mass is 180 g/mol. The predicted octanol–water partition coefficient (Wildman–Crippen LogP) is 1.75. The van der Waals surface area contributed by atoms with Crippen LogP contribution in [0.5, 0.6) is 0 Å². The zero-order chi connectivity index (χ0) is 8.97. The van der Waals surface area contributed by atoms with Crippen molar-refractivity contribution in [1.29, 1.82) is 5.26 Å². The first kappa shape index (κ1) is 8.52. The molecule has 0 N–H and O–H groups in total. The zero-order valence-electron chi connectivity index (χ0n) is 5.81. The number of nitriles is 1. The molecule has 0 radical (unpaired) electrons. The number of nitrogens with zero attached hydrogens (tertiary/aromatic N) is 2. The van der Waals surface area contributed by atoms with Crippen LogP contribution in [-0.4, -0.2) is 4.98 Å². The molecule has 0 amide bonds. The molecule has 0 saturated carbocycles. The van der Waals surface area contributed by atoms with Crippen LogP contribution in [0.15, 0.2) is 12.3 Å². The second-order valence-electron chi connectivity index (χ2n) is 1.85. The summed E-state index contributed by atoms with van der Waals surface area (Å²) in [4.78, 5) is 3.51. The van der Waals surface area contributed by atoms with Crippen molar-refractivity contribution >= 4 is 11.6 Å². The van der Waals surface area contributed by atoms with E-state index in [0.29, 0.717) is 0 Å². The lowest BCUT2D eigenvalue weighted by molar-refractivity contribution is 0.621. The molecule has 4 heteroatoms. The molecule has 0 aliphatic rings. The molecule has 0 saturated heterocycles. The molecule has 1 aromatic heterocycles. The van der Waals surface area contributed by atoms with Crippen LogP contribution in [-0.2, 0) is 0 Å². The van der Waals surface area contributed by atoms with Crippen LogP contribution in [0.4, 0.5) is 4.39 Å². The van der Waals surface area contributed by atoms with Crippen molar-refractivity contribution in [2.45, 2.75) is 0 Å². The summed E-state index contributed by atoms with van der Waals surface area (Å²) < 4.78 is 12.5. The van der Waals surface area contributed by atoms with Gasteiger partial charge in [0, 0.05) is 5.92 Å². The standard InChI is InChI=1S/C8H2ClFN2/c9-8-6(2-1-3-11)4-7(10)5-12-8/h4-5H. The highest BCUT2D eigenvalue weighted by Crippen LogP contribution is 2.11. The lowest BCUT2D eigenvalue weighted by Crippen LogP contribution is -1.84. The molecule has 2 nitrogen and oxygen atoms in total. The van der Waals surface area contributed by atoms with Crippen LogP contribution in [0.1, 0.15) is 5.56 Å². The Morgan fingerprint density at radius 3 is 3.00 bits per heavy atom. The van der Waals surface area contributed by atoms with E-state index in [1.165, 1.54) is 0 Å². The first-order chi connectivity index (χ1) is 5.74. The average Bonchev–Trinajstić information content (AvgIpc) is 2.07. The van der Waals surface area contributed by atoms with Crippen LogP contribution < -0.4 is 0 Å². The molecule has 0 unspecified atom stereocenters. The molecular formula is C8H2ClFN2. The van der Waals surface area contributed by atoms with Crippen LogP contribution in [0.25, 0.3) is 0 Å². The van der Waals surface area contributed by atoms with Gasteiger partial charge in [0.05, 0.1) is 11.8 Å². The fraction of sp³-hybridized carbons (Fsp3) is 0. The van der Waals surface area contributed by atoms with E-state index < -0.39 is 5.82 Å². The molecule has 0 spiro atoms. The van der Waals surface area contributed by atoms with Gasteiger partial charge in [0.15, 0.2) is 6.07 Å². The summed E-state index contributed by atoms with van der Waals surface area (Å²) in [6.07, 6.45) is 0.986. The Morgan fingerprint density at radius 2 is 2.33 bits per heavy atom. The molecule has 0 bridgehead atoms. The van der Waals surface area contributed by atoms with Gasteiger partial charge in [-0.05, 0) is 12.0 Å². The quantitative estimate of drug-likeness (QED) is 0.451. The third-order valence-electron chi connectivity index (χ3n) is 1.06. The van der Waals surface area contributed by atoms with Crippen LogP contribution >= 0.6 is 11.6 Å². The van der Waals surface area contributed by atoms with Crippen molar-refractivity contribution in [3.8, 4) is 17.9 Å². The minimum absolute atomic E-state index is 0.0964. The molecule has 1 heterocycles. The van der Waals surface area contributed by atoms with Gasteiger partial charge in [0.25, 0.3) is 0 Å². The third-order valence-corrected chi connectivity index (χ3v) is 1.36. The van der Waals surface area contributed by atoms with Crippen LogP contribution in [0.2, 0.25) is 5.15 Å². The molecule has 0 aliphatic carbocycles. The van der Waals surface area contributed by atoms with E-state index in [-0.39, 0.29) is 10.7 Å². The summed E-state index contributed by atoms with van der Waals surface area (Å²) in [5.74, 6) is 3.93. The van der Waals surface area contributed by atoms with Gasteiger partial charge in [0.2, 0.25) is 0 Å². The first-order valence-electron chi connectivity index (χ1n) is 2.95. The van der Waals surface area contributed by atoms with Gasteiger partial charge >= 0.3 is 0 Å². The maximum atomic E-state index is 12.5. The van der Waals surface area contributed by atoms with E-state index in [4.69, 9.17) is 16.9 Å². The van der Waals surface area contributed by atoms with E-state index in [9.17, 15) is 4.39 Å². The van der Waals surface area contributed by atoms with E-state index in [1.54, 1.807) is 6.07 Å². The van der Waals surface area contributed by atoms with Gasteiger partial charge < -0.3 is 0 Å². The van der Waals surface area contributed by atoms with Crippen LogP contribution in [0.3, 0.4) is 0 Å². The largest absolute Gasteiger partial charge is 0.240 e. The summed E-state index contributed by atoms with van der Waals surface area (Å²) in [5.41, 5.74) is 0.221. The predicted molar refractivity (Wildman–Crippen MR) is 41.7 cm³/mol. The van der Waals surface area contributed by atoms with Crippen molar-refractivity contribution in [1.82, 2.24) is 4.98 Å². The molecule has 0 aromatic carbocycles. The topological polar surface area (TPSA) is 36.7 Å². The summed E-state index contributed by atoms with van der Waals surface area (Å²) in [7, 11) is 0. The minimum atomic E-state index is -0.526. The van der Waals surface area contributed by atoms with Crippen molar-refractivity contribution in [2.24, 2.45) is 0 Å². The van der Waals surface area contributed by atoms with Gasteiger partial charge in [-0.25, -0.2) is 9.37 Å². The molecule has 0 atom stereocenters. The van der Waals surface area contributed by atoms with Crippen molar-refractivity contribution in [2.75, 3.05) is 0 Å². The van der Waals surface area contributed by atoms with Gasteiger partial charge in [-0.2, -0.15) is 5.26 Å². The first-order valence-corrected chi connectivity index (χ1v) is 3.33. The second-order valence-corrected chi connectivity index (χ2v) is 2.21. The smallest absolute Gasteiger partial charge is 0.152 e. The van der Waals surface area contributed by atoms with Crippen molar-refractivity contribution in [3.05, 3.63) is 28.8 Å². The van der Waals surface area contributed by atoms with Crippen molar-refractivity contribution < 1.29 is 4.39 Å². The number of pyridine rings is 1. The van der Waals surface area contributed by atoms with Crippen molar-refractivity contribution in [3.63, 3.8) is 0 Å². The van der Waals surface area contributed by atoms with Gasteiger partial charge in [-0.15, -0.1) is 0 Å². The zero-order valence-corrected chi connectivity index (χ0v) is 6.56. The maximum absolute atomic E-state index is 12.5. The fourth-order valence-electron chi connectivity index (χ4n) is 0.606. The molecule has 1 aromatic rings. The molecule has 0 fully saturated rings. The highest BCUT2D eigenvalue weighted by atomic mass is 35.5. The Morgan fingerprint density at radius 1 is 1.58 bits per heavy atom. The Labute approximate surface area is 73.6 Å². The second kappa shape index (κ2) is 3.71. The molecular weight excluding hydrogens is 179 g/mol. The maximum Gasteiger partial charge on any atom is 0.152 e. The molecule has 0 aliphatic heterocycles. The summed E-state index contributed by atoms with van der Waals surface area (Å²) in [5, 5.41) is 8.20. The Kier molecular flexibility index (Phi) is 2.63.